The monoisotopic (exact) mass is 270 g/mol. The first kappa shape index (κ1) is 12.2. The van der Waals surface area contributed by atoms with Crippen LogP contribution in [0.3, 0.4) is 0 Å². The quantitative estimate of drug-likeness (QED) is 0.467. The number of benzene rings is 1. The number of ether oxygens (including phenoxy) is 1. The number of carbonyl (C=O) groups excluding carboxylic acids is 1. The van der Waals surface area contributed by atoms with Gasteiger partial charge in [0.05, 0.1) is 12.7 Å². The first-order valence-electron chi connectivity index (χ1n) is 5.01. The van der Waals surface area contributed by atoms with Gasteiger partial charge in [-0.3, -0.25) is 0 Å². The average Bonchev–Trinajstić information content (AvgIpc) is 2.29. The van der Waals surface area contributed by atoms with E-state index in [1.54, 1.807) is 0 Å². The summed E-state index contributed by atoms with van der Waals surface area (Å²) < 4.78 is 4.63. The second-order valence-corrected chi connectivity index (χ2v) is 4.13. The van der Waals surface area contributed by atoms with Gasteiger partial charge in [0.25, 0.3) is 0 Å². The van der Waals surface area contributed by atoms with E-state index in [0.29, 0.717) is 5.56 Å². The van der Waals surface area contributed by atoms with Gasteiger partial charge in [-0.05, 0) is 37.0 Å². The molecule has 15 heavy (non-hydrogen) atoms. The Bertz CT molecular complexity index is 306. The molecule has 1 rings (SSSR count). The highest BCUT2D eigenvalue weighted by molar-refractivity contribution is 9.09. The van der Waals surface area contributed by atoms with Crippen LogP contribution in [0, 0.1) is 0 Å². The number of hydrogen-bond donors (Lipinski definition) is 0. The second kappa shape index (κ2) is 6.62. The van der Waals surface area contributed by atoms with Gasteiger partial charge in [-0.2, -0.15) is 0 Å². The summed E-state index contributed by atoms with van der Waals surface area (Å²) in [5, 5.41) is 1.05. The van der Waals surface area contributed by atoms with Crippen LogP contribution in [-0.2, 0) is 11.2 Å². The molecule has 0 N–H and O–H groups in total. The Labute approximate surface area is 98.8 Å². The number of alkyl halides is 1. The number of unbranched alkanes of at least 4 members (excludes halogenated alkanes) is 1. The largest absolute Gasteiger partial charge is 0.465 e. The predicted molar refractivity (Wildman–Crippen MR) is 64.5 cm³/mol. The van der Waals surface area contributed by atoms with Crippen LogP contribution in [0.25, 0.3) is 0 Å². The normalized spacial score (nSPS) is 10.0. The van der Waals surface area contributed by atoms with Gasteiger partial charge >= 0.3 is 5.97 Å². The predicted octanol–water partition coefficient (Wildman–Crippen LogP) is 3.19. The number of carbonyl (C=O) groups is 1. The minimum atomic E-state index is -0.276. The third kappa shape index (κ3) is 4.04. The number of hydrogen-bond acceptors (Lipinski definition) is 2. The number of esters is 1. The van der Waals surface area contributed by atoms with Crippen LogP contribution in [0.15, 0.2) is 24.3 Å². The summed E-state index contributed by atoms with van der Waals surface area (Å²) in [6.07, 6.45) is 3.41. The van der Waals surface area contributed by atoms with Crippen molar-refractivity contribution in [1.82, 2.24) is 0 Å². The van der Waals surface area contributed by atoms with Crippen LogP contribution < -0.4 is 0 Å². The zero-order valence-electron chi connectivity index (χ0n) is 8.83. The Hall–Kier alpha value is -0.830. The highest BCUT2D eigenvalue weighted by Gasteiger charge is 2.03. The molecular weight excluding hydrogens is 256 g/mol. The standard InChI is InChI=1S/C12H15BrO2/c1-15-12(14)11-7-5-10(6-8-11)4-2-3-9-13/h5-8H,2-4,9H2,1H3. The molecule has 0 aliphatic heterocycles. The molecule has 0 fully saturated rings. The topological polar surface area (TPSA) is 26.3 Å². The summed E-state index contributed by atoms with van der Waals surface area (Å²) in [4.78, 5) is 11.2. The van der Waals surface area contributed by atoms with Gasteiger partial charge in [0.2, 0.25) is 0 Å². The average molecular weight is 271 g/mol. The summed E-state index contributed by atoms with van der Waals surface area (Å²) in [6.45, 7) is 0. The molecule has 0 bridgehead atoms. The molecule has 0 spiro atoms. The van der Waals surface area contributed by atoms with Gasteiger partial charge in [0.15, 0.2) is 0 Å². The fraction of sp³-hybridized carbons (Fsp3) is 0.417. The lowest BCUT2D eigenvalue weighted by Crippen LogP contribution is -2.00. The molecule has 0 atom stereocenters. The first-order valence-corrected chi connectivity index (χ1v) is 6.13. The van der Waals surface area contributed by atoms with E-state index in [2.05, 4.69) is 20.7 Å². The molecular formula is C12H15BrO2. The molecule has 0 saturated heterocycles. The highest BCUT2D eigenvalue weighted by Crippen LogP contribution is 2.09. The number of rotatable bonds is 5. The summed E-state index contributed by atoms with van der Waals surface area (Å²) in [5.74, 6) is -0.276. The second-order valence-electron chi connectivity index (χ2n) is 3.33. The number of aryl methyl sites for hydroxylation is 1. The van der Waals surface area contributed by atoms with E-state index in [1.807, 2.05) is 24.3 Å². The van der Waals surface area contributed by atoms with Gasteiger partial charge in [-0.15, -0.1) is 0 Å². The summed E-state index contributed by atoms with van der Waals surface area (Å²) >= 11 is 3.40. The Morgan fingerprint density at radius 2 is 1.93 bits per heavy atom. The van der Waals surface area contributed by atoms with Crippen molar-refractivity contribution in [2.75, 3.05) is 12.4 Å². The van der Waals surface area contributed by atoms with Crippen molar-refractivity contribution in [2.45, 2.75) is 19.3 Å². The summed E-state index contributed by atoms with van der Waals surface area (Å²) in [6, 6.07) is 7.60. The zero-order valence-corrected chi connectivity index (χ0v) is 10.4. The molecule has 2 nitrogen and oxygen atoms in total. The lowest BCUT2D eigenvalue weighted by Gasteiger charge is -2.02. The minimum absolute atomic E-state index is 0.276. The SMILES string of the molecule is COC(=O)c1ccc(CCCCBr)cc1. The maximum absolute atomic E-state index is 11.2. The number of halogens is 1. The van der Waals surface area contributed by atoms with Crippen LogP contribution >= 0.6 is 15.9 Å². The smallest absolute Gasteiger partial charge is 0.337 e. The van der Waals surface area contributed by atoms with E-state index in [-0.39, 0.29) is 5.97 Å². The van der Waals surface area contributed by atoms with E-state index >= 15 is 0 Å². The third-order valence-corrected chi connectivity index (χ3v) is 2.78. The molecule has 0 aliphatic carbocycles. The Kier molecular flexibility index (Phi) is 5.40. The molecule has 1 aromatic carbocycles. The fourth-order valence-electron chi connectivity index (χ4n) is 1.35. The summed E-state index contributed by atoms with van der Waals surface area (Å²) in [7, 11) is 1.40. The molecule has 0 aliphatic rings. The van der Waals surface area contributed by atoms with Gasteiger partial charge in [0, 0.05) is 5.33 Å². The first-order chi connectivity index (χ1) is 7.27. The molecule has 0 heterocycles. The lowest BCUT2D eigenvalue weighted by atomic mass is 10.1. The van der Waals surface area contributed by atoms with E-state index < -0.39 is 0 Å². The Morgan fingerprint density at radius 1 is 1.27 bits per heavy atom. The Morgan fingerprint density at radius 3 is 2.47 bits per heavy atom. The van der Waals surface area contributed by atoms with Crippen molar-refractivity contribution in [2.24, 2.45) is 0 Å². The van der Waals surface area contributed by atoms with Gasteiger partial charge in [-0.25, -0.2) is 4.79 Å². The maximum Gasteiger partial charge on any atom is 0.337 e. The van der Waals surface area contributed by atoms with Crippen LogP contribution in [-0.4, -0.2) is 18.4 Å². The molecule has 1 aromatic rings. The van der Waals surface area contributed by atoms with Crippen molar-refractivity contribution in [3.05, 3.63) is 35.4 Å². The lowest BCUT2D eigenvalue weighted by molar-refractivity contribution is 0.0600. The molecule has 3 heteroatoms. The van der Waals surface area contributed by atoms with Crippen LogP contribution in [0.4, 0.5) is 0 Å². The molecule has 0 radical (unpaired) electrons. The molecule has 0 amide bonds. The van der Waals surface area contributed by atoms with Crippen LogP contribution in [0.2, 0.25) is 0 Å². The van der Waals surface area contributed by atoms with Gasteiger partial charge in [0.1, 0.15) is 0 Å². The van der Waals surface area contributed by atoms with Crippen molar-refractivity contribution in [3.63, 3.8) is 0 Å². The molecule has 0 aromatic heterocycles. The van der Waals surface area contributed by atoms with Crippen molar-refractivity contribution in [1.29, 1.82) is 0 Å². The van der Waals surface area contributed by atoms with Crippen molar-refractivity contribution in [3.8, 4) is 0 Å². The molecule has 82 valence electrons. The number of methoxy groups -OCH3 is 1. The van der Waals surface area contributed by atoms with E-state index in [1.165, 1.54) is 25.5 Å². The molecule has 0 unspecified atom stereocenters. The Balaban J connectivity index is 2.52. The van der Waals surface area contributed by atoms with Crippen LogP contribution in [0.1, 0.15) is 28.8 Å². The minimum Gasteiger partial charge on any atom is -0.465 e. The van der Waals surface area contributed by atoms with Crippen molar-refractivity contribution < 1.29 is 9.53 Å². The maximum atomic E-state index is 11.2. The fourth-order valence-corrected chi connectivity index (χ4v) is 1.75. The van der Waals surface area contributed by atoms with Gasteiger partial charge in [-0.1, -0.05) is 28.1 Å². The summed E-state index contributed by atoms with van der Waals surface area (Å²) in [5.41, 5.74) is 1.88. The van der Waals surface area contributed by atoms with E-state index in [0.717, 1.165) is 11.8 Å². The van der Waals surface area contributed by atoms with Gasteiger partial charge < -0.3 is 4.74 Å². The van der Waals surface area contributed by atoms with Crippen LogP contribution in [0.5, 0.6) is 0 Å². The third-order valence-electron chi connectivity index (χ3n) is 2.22. The van der Waals surface area contributed by atoms with Crippen molar-refractivity contribution >= 4 is 21.9 Å². The zero-order chi connectivity index (χ0) is 11.1. The van der Waals surface area contributed by atoms with E-state index in [9.17, 15) is 4.79 Å². The molecule has 0 saturated carbocycles. The highest BCUT2D eigenvalue weighted by atomic mass is 79.9. The van der Waals surface area contributed by atoms with E-state index in [4.69, 9.17) is 0 Å².